The SMILES string of the molecule is CC(CCN)CC(C)(C)CC(C)(C)C. The second-order valence-corrected chi connectivity index (χ2v) is 6.79. The van der Waals surface area contributed by atoms with Crippen LogP contribution in [0, 0.1) is 16.7 Å². The predicted molar refractivity (Wildman–Crippen MR) is 65.3 cm³/mol. The third-order valence-corrected chi connectivity index (χ3v) is 2.57. The maximum Gasteiger partial charge on any atom is -0.00747 e. The average molecular weight is 199 g/mol. The first kappa shape index (κ1) is 14.0. The largest absolute Gasteiger partial charge is 0.330 e. The Hall–Kier alpha value is -0.0400. The summed E-state index contributed by atoms with van der Waals surface area (Å²) in [7, 11) is 0. The molecule has 1 nitrogen and oxygen atoms in total. The summed E-state index contributed by atoms with van der Waals surface area (Å²) >= 11 is 0. The first-order valence-electron chi connectivity index (χ1n) is 5.86. The highest BCUT2D eigenvalue weighted by atomic mass is 14.5. The van der Waals surface area contributed by atoms with Crippen molar-refractivity contribution in [1.29, 1.82) is 0 Å². The van der Waals surface area contributed by atoms with Gasteiger partial charge in [-0.05, 0) is 42.6 Å². The lowest BCUT2D eigenvalue weighted by atomic mass is 9.72. The third kappa shape index (κ3) is 7.37. The minimum Gasteiger partial charge on any atom is -0.330 e. The number of hydrogen-bond donors (Lipinski definition) is 1. The van der Waals surface area contributed by atoms with Gasteiger partial charge in [-0.3, -0.25) is 0 Å². The van der Waals surface area contributed by atoms with Crippen LogP contribution in [0.3, 0.4) is 0 Å². The molecule has 0 aromatic carbocycles. The van der Waals surface area contributed by atoms with Crippen LogP contribution in [-0.2, 0) is 0 Å². The molecule has 0 bridgehead atoms. The molecule has 2 N–H and O–H groups in total. The first-order valence-corrected chi connectivity index (χ1v) is 5.86. The summed E-state index contributed by atoms with van der Waals surface area (Å²) in [5.41, 5.74) is 6.46. The lowest BCUT2D eigenvalue weighted by Gasteiger charge is -2.34. The molecule has 0 aliphatic carbocycles. The summed E-state index contributed by atoms with van der Waals surface area (Å²) in [6.45, 7) is 14.9. The summed E-state index contributed by atoms with van der Waals surface area (Å²) in [5, 5.41) is 0. The third-order valence-electron chi connectivity index (χ3n) is 2.57. The van der Waals surface area contributed by atoms with Crippen molar-refractivity contribution < 1.29 is 0 Å². The van der Waals surface area contributed by atoms with Crippen molar-refractivity contribution in [1.82, 2.24) is 0 Å². The zero-order valence-corrected chi connectivity index (χ0v) is 11.0. The Balaban J connectivity index is 4.06. The van der Waals surface area contributed by atoms with E-state index in [0.717, 1.165) is 18.9 Å². The van der Waals surface area contributed by atoms with Crippen LogP contribution in [0.15, 0.2) is 0 Å². The molecule has 0 fully saturated rings. The highest BCUT2D eigenvalue weighted by Gasteiger charge is 2.26. The highest BCUT2D eigenvalue weighted by molar-refractivity contribution is 4.78. The van der Waals surface area contributed by atoms with Gasteiger partial charge in [0.1, 0.15) is 0 Å². The summed E-state index contributed by atoms with van der Waals surface area (Å²) in [6.07, 6.45) is 3.74. The standard InChI is InChI=1S/C13H29N/c1-11(7-8-14)9-13(5,6)10-12(2,3)4/h11H,7-10,14H2,1-6H3. The van der Waals surface area contributed by atoms with Crippen LogP contribution in [-0.4, -0.2) is 6.54 Å². The smallest absolute Gasteiger partial charge is 0.00747 e. The first-order chi connectivity index (χ1) is 6.16. The van der Waals surface area contributed by atoms with Crippen molar-refractivity contribution in [2.24, 2.45) is 22.5 Å². The lowest BCUT2D eigenvalue weighted by Crippen LogP contribution is -2.23. The maximum absolute atomic E-state index is 5.58. The fraction of sp³-hybridized carbons (Fsp3) is 1.00. The summed E-state index contributed by atoms with van der Waals surface area (Å²) in [6, 6.07) is 0. The second kappa shape index (κ2) is 5.16. The molecule has 0 aromatic rings. The van der Waals surface area contributed by atoms with Crippen LogP contribution < -0.4 is 5.73 Å². The van der Waals surface area contributed by atoms with Gasteiger partial charge in [-0.2, -0.15) is 0 Å². The van der Waals surface area contributed by atoms with E-state index in [1.807, 2.05) is 0 Å². The molecule has 1 heteroatoms. The van der Waals surface area contributed by atoms with E-state index in [0.29, 0.717) is 10.8 Å². The van der Waals surface area contributed by atoms with Gasteiger partial charge in [-0.15, -0.1) is 0 Å². The molecular weight excluding hydrogens is 170 g/mol. The molecule has 0 aliphatic heterocycles. The molecule has 0 saturated heterocycles. The minimum atomic E-state index is 0.436. The summed E-state index contributed by atoms with van der Waals surface area (Å²) in [5.74, 6) is 0.761. The van der Waals surface area contributed by atoms with E-state index in [1.54, 1.807) is 0 Å². The van der Waals surface area contributed by atoms with Gasteiger partial charge in [0.15, 0.2) is 0 Å². The van der Waals surface area contributed by atoms with E-state index in [2.05, 4.69) is 41.5 Å². The fourth-order valence-corrected chi connectivity index (χ4v) is 2.84. The average Bonchev–Trinajstić information content (AvgIpc) is 1.78. The van der Waals surface area contributed by atoms with Crippen LogP contribution in [0.25, 0.3) is 0 Å². The molecule has 0 rings (SSSR count). The Morgan fingerprint density at radius 1 is 1.07 bits per heavy atom. The Labute approximate surface area is 90.5 Å². The molecule has 0 aromatic heterocycles. The van der Waals surface area contributed by atoms with Gasteiger partial charge in [0.05, 0.1) is 0 Å². The molecule has 86 valence electrons. The minimum absolute atomic E-state index is 0.436. The predicted octanol–water partition coefficient (Wildman–Crippen LogP) is 3.82. The molecular formula is C13H29N. The fourth-order valence-electron chi connectivity index (χ4n) is 2.84. The second-order valence-electron chi connectivity index (χ2n) is 6.79. The Bertz CT molecular complexity index is 153. The van der Waals surface area contributed by atoms with E-state index >= 15 is 0 Å². The van der Waals surface area contributed by atoms with Crippen LogP contribution in [0.1, 0.15) is 60.8 Å². The van der Waals surface area contributed by atoms with E-state index in [1.165, 1.54) is 12.8 Å². The molecule has 1 atom stereocenters. The normalized spacial score (nSPS) is 15.6. The Kier molecular flexibility index (Phi) is 5.14. The van der Waals surface area contributed by atoms with E-state index in [4.69, 9.17) is 5.73 Å². The highest BCUT2D eigenvalue weighted by Crippen LogP contribution is 2.38. The van der Waals surface area contributed by atoms with Gasteiger partial charge >= 0.3 is 0 Å². The topological polar surface area (TPSA) is 26.0 Å². The summed E-state index contributed by atoms with van der Waals surface area (Å²) in [4.78, 5) is 0. The van der Waals surface area contributed by atoms with Crippen molar-refractivity contribution in [2.75, 3.05) is 6.54 Å². The van der Waals surface area contributed by atoms with E-state index in [-0.39, 0.29) is 0 Å². The quantitative estimate of drug-likeness (QED) is 0.715. The van der Waals surface area contributed by atoms with Crippen molar-refractivity contribution >= 4 is 0 Å². The van der Waals surface area contributed by atoms with Crippen LogP contribution in [0.5, 0.6) is 0 Å². The van der Waals surface area contributed by atoms with Crippen molar-refractivity contribution in [3.8, 4) is 0 Å². The van der Waals surface area contributed by atoms with E-state index < -0.39 is 0 Å². The zero-order chi connectivity index (χ0) is 11.4. The molecule has 0 aliphatic rings. The molecule has 0 saturated carbocycles. The van der Waals surface area contributed by atoms with Gasteiger partial charge < -0.3 is 5.73 Å². The van der Waals surface area contributed by atoms with Crippen LogP contribution in [0.4, 0.5) is 0 Å². The Morgan fingerprint density at radius 2 is 1.57 bits per heavy atom. The van der Waals surface area contributed by atoms with Gasteiger partial charge in [0, 0.05) is 0 Å². The van der Waals surface area contributed by atoms with Crippen LogP contribution >= 0.6 is 0 Å². The van der Waals surface area contributed by atoms with E-state index in [9.17, 15) is 0 Å². The van der Waals surface area contributed by atoms with Crippen molar-refractivity contribution in [2.45, 2.75) is 60.8 Å². The molecule has 0 radical (unpaired) electrons. The molecule has 0 amide bonds. The Morgan fingerprint density at radius 3 is 1.93 bits per heavy atom. The van der Waals surface area contributed by atoms with Gasteiger partial charge in [-0.25, -0.2) is 0 Å². The van der Waals surface area contributed by atoms with Gasteiger partial charge in [0.2, 0.25) is 0 Å². The lowest BCUT2D eigenvalue weighted by molar-refractivity contribution is 0.172. The van der Waals surface area contributed by atoms with Gasteiger partial charge in [0.25, 0.3) is 0 Å². The number of rotatable bonds is 5. The molecule has 1 unspecified atom stereocenters. The maximum atomic E-state index is 5.58. The van der Waals surface area contributed by atoms with Crippen LogP contribution in [0.2, 0.25) is 0 Å². The summed E-state index contributed by atoms with van der Waals surface area (Å²) < 4.78 is 0. The molecule has 0 spiro atoms. The van der Waals surface area contributed by atoms with Gasteiger partial charge in [-0.1, -0.05) is 41.5 Å². The zero-order valence-electron chi connectivity index (χ0n) is 11.0. The van der Waals surface area contributed by atoms with Crippen molar-refractivity contribution in [3.63, 3.8) is 0 Å². The molecule has 0 heterocycles. The number of hydrogen-bond acceptors (Lipinski definition) is 1. The number of nitrogens with two attached hydrogens (primary N) is 1. The monoisotopic (exact) mass is 199 g/mol. The molecule has 14 heavy (non-hydrogen) atoms. The van der Waals surface area contributed by atoms with Crippen molar-refractivity contribution in [3.05, 3.63) is 0 Å².